The summed E-state index contributed by atoms with van der Waals surface area (Å²) in [6.07, 6.45) is -0.602. The van der Waals surface area contributed by atoms with Crippen LogP contribution in [-0.2, 0) is 29.1 Å². The van der Waals surface area contributed by atoms with E-state index in [0.717, 1.165) is 5.56 Å². The Morgan fingerprint density at radius 2 is 1.85 bits per heavy atom. The number of hydrogen-bond donors (Lipinski definition) is 1. The molecule has 1 aromatic rings. The third kappa shape index (κ3) is 4.55. The molecule has 8 nitrogen and oxygen atoms in total. The Hall–Kier alpha value is -1.20. The van der Waals surface area contributed by atoms with E-state index >= 15 is 0 Å². The molecule has 1 aliphatic rings. The highest BCUT2D eigenvalue weighted by atomic mass is 32.2. The van der Waals surface area contributed by atoms with Crippen LogP contribution in [0.25, 0.3) is 0 Å². The Balaban J connectivity index is 2.37. The molecule has 0 amide bonds. The molecule has 1 aliphatic heterocycles. The van der Waals surface area contributed by atoms with Crippen molar-refractivity contribution in [3.63, 3.8) is 0 Å². The average molecular weight is 408 g/mol. The van der Waals surface area contributed by atoms with E-state index in [-0.39, 0.29) is 22.9 Å². The zero-order chi connectivity index (χ0) is 19.5. The molecule has 1 saturated heterocycles. The van der Waals surface area contributed by atoms with Crippen molar-refractivity contribution >= 4 is 19.7 Å². The van der Waals surface area contributed by atoms with Gasteiger partial charge < -0.3 is 19.5 Å². The van der Waals surface area contributed by atoms with Crippen molar-refractivity contribution in [3.8, 4) is 5.75 Å². The lowest BCUT2D eigenvalue weighted by Gasteiger charge is -2.23. The first-order valence-corrected chi connectivity index (χ1v) is 11.4. The van der Waals surface area contributed by atoms with Crippen molar-refractivity contribution in [1.82, 2.24) is 5.32 Å². The second-order valence-corrected chi connectivity index (χ2v) is 10.5. The largest absolute Gasteiger partial charge is 0.495 e. The van der Waals surface area contributed by atoms with E-state index in [1.54, 1.807) is 19.1 Å². The van der Waals surface area contributed by atoms with Gasteiger partial charge in [-0.05, 0) is 24.6 Å². The molecule has 10 heteroatoms. The molecule has 0 unspecified atom stereocenters. The van der Waals surface area contributed by atoms with Crippen LogP contribution < -0.4 is 10.1 Å². The highest BCUT2D eigenvalue weighted by Crippen LogP contribution is 2.32. The van der Waals surface area contributed by atoms with Gasteiger partial charge in [-0.2, -0.15) is 0 Å². The predicted octanol–water partition coefficient (Wildman–Crippen LogP) is 0.151. The Morgan fingerprint density at radius 3 is 2.42 bits per heavy atom. The Morgan fingerprint density at radius 1 is 1.19 bits per heavy atom. The van der Waals surface area contributed by atoms with Gasteiger partial charge in [0, 0.05) is 26.8 Å². The molecule has 1 fully saturated rings. The first-order chi connectivity index (χ1) is 12.1. The minimum Gasteiger partial charge on any atom is -0.495 e. The third-order valence-corrected chi connectivity index (χ3v) is 8.57. The van der Waals surface area contributed by atoms with Gasteiger partial charge in [-0.15, -0.1) is 0 Å². The Bertz CT molecular complexity index is 832. The maximum absolute atomic E-state index is 13.2. The molecule has 2 rings (SSSR count). The molecular weight excluding hydrogens is 382 g/mol. The lowest BCUT2D eigenvalue weighted by atomic mass is 10.2. The van der Waals surface area contributed by atoms with Crippen LogP contribution in [0.5, 0.6) is 5.75 Å². The maximum atomic E-state index is 13.2. The molecule has 0 radical (unpaired) electrons. The summed E-state index contributed by atoms with van der Waals surface area (Å²) in [5.74, 6) is -0.495. The van der Waals surface area contributed by atoms with Crippen LogP contribution in [0.1, 0.15) is 5.56 Å². The smallest absolute Gasteiger partial charge is 0.187 e. The molecule has 1 heterocycles. The van der Waals surface area contributed by atoms with Crippen molar-refractivity contribution < 1.29 is 31.0 Å². The molecule has 1 aromatic carbocycles. The summed E-state index contributed by atoms with van der Waals surface area (Å²) in [4.78, 5) is 0.00364. The molecule has 0 bridgehead atoms. The summed E-state index contributed by atoms with van der Waals surface area (Å²) >= 11 is 0. The second-order valence-electron chi connectivity index (χ2n) is 6.23. The van der Waals surface area contributed by atoms with Gasteiger partial charge in [0.15, 0.2) is 26.0 Å². The number of hydrogen-bond acceptors (Lipinski definition) is 8. The van der Waals surface area contributed by atoms with Crippen LogP contribution in [0.4, 0.5) is 0 Å². The Kier molecular flexibility index (Phi) is 6.67. The third-order valence-electron chi connectivity index (χ3n) is 4.40. The highest BCUT2D eigenvalue weighted by molar-refractivity contribution is 7.96. The van der Waals surface area contributed by atoms with Gasteiger partial charge >= 0.3 is 0 Å². The van der Waals surface area contributed by atoms with Crippen LogP contribution >= 0.6 is 0 Å². The summed E-state index contributed by atoms with van der Waals surface area (Å²) < 4.78 is 66.0. The molecule has 0 spiro atoms. The minimum atomic E-state index is -3.93. The van der Waals surface area contributed by atoms with E-state index < -0.39 is 43.0 Å². The first kappa shape index (κ1) is 21.1. The van der Waals surface area contributed by atoms with Gasteiger partial charge in [0.05, 0.1) is 23.9 Å². The molecule has 2 atom stereocenters. The number of aryl methyl sites for hydroxylation is 1. The van der Waals surface area contributed by atoms with Crippen LogP contribution in [0, 0.1) is 6.92 Å². The van der Waals surface area contributed by atoms with Crippen molar-refractivity contribution in [1.29, 1.82) is 0 Å². The van der Waals surface area contributed by atoms with E-state index in [1.807, 2.05) is 0 Å². The number of methoxy groups -OCH3 is 3. The zero-order valence-corrected chi connectivity index (χ0v) is 16.9. The molecular formula is C16H25NO7S2. The summed E-state index contributed by atoms with van der Waals surface area (Å²) in [5, 5.41) is 1.85. The van der Waals surface area contributed by atoms with E-state index in [2.05, 4.69) is 5.32 Å². The van der Waals surface area contributed by atoms with Crippen LogP contribution in [0.15, 0.2) is 23.1 Å². The van der Waals surface area contributed by atoms with Gasteiger partial charge in [0.1, 0.15) is 10.6 Å². The van der Waals surface area contributed by atoms with Crippen molar-refractivity contribution in [2.75, 3.05) is 39.4 Å². The van der Waals surface area contributed by atoms with Crippen molar-refractivity contribution in [2.45, 2.75) is 29.4 Å². The van der Waals surface area contributed by atoms with Gasteiger partial charge in [-0.1, -0.05) is 6.07 Å². The predicted molar refractivity (Wildman–Crippen MR) is 97.0 cm³/mol. The first-order valence-electron chi connectivity index (χ1n) is 8.02. The lowest BCUT2D eigenvalue weighted by molar-refractivity contribution is -0.0995. The van der Waals surface area contributed by atoms with Gasteiger partial charge in [0.2, 0.25) is 0 Å². The fourth-order valence-corrected chi connectivity index (χ4v) is 7.95. The number of benzene rings is 1. The highest BCUT2D eigenvalue weighted by Gasteiger charge is 2.46. The van der Waals surface area contributed by atoms with Crippen molar-refractivity contribution in [3.05, 3.63) is 23.8 Å². The molecule has 0 aromatic heterocycles. The van der Waals surface area contributed by atoms with E-state index in [4.69, 9.17) is 14.2 Å². The number of rotatable bonds is 8. The Labute approximate surface area is 154 Å². The standard InChI is InChI=1S/C16H25NO7S2/c1-11-5-6-13(22-2)14(7-11)26(20,21)15-10-25(18,19)9-12(15)17-8-16(23-3)24-4/h5-7,12,15-17H,8-10H2,1-4H3/t12-,15+/m1/s1. The SMILES string of the molecule is COc1ccc(C)cc1S(=O)(=O)[C@H]1CS(=O)(=O)C[C@H]1NCC(OC)OC. The zero-order valence-electron chi connectivity index (χ0n) is 15.3. The lowest BCUT2D eigenvalue weighted by Crippen LogP contribution is -2.46. The molecule has 0 saturated carbocycles. The minimum absolute atomic E-state index is 0.00364. The van der Waals surface area contributed by atoms with Gasteiger partial charge in [-0.25, -0.2) is 16.8 Å². The van der Waals surface area contributed by atoms with E-state index in [0.29, 0.717) is 0 Å². The van der Waals surface area contributed by atoms with Crippen LogP contribution in [0.3, 0.4) is 0 Å². The fourth-order valence-electron chi connectivity index (χ4n) is 2.99. The van der Waals surface area contributed by atoms with Crippen LogP contribution in [0.2, 0.25) is 0 Å². The van der Waals surface area contributed by atoms with Gasteiger partial charge in [-0.3, -0.25) is 0 Å². The normalized spacial score (nSPS) is 22.7. The molecule has 26 heavy (non-hydrogen) atoms. The van der Waals surface area contributed by atoms with Gasteiger partial charge in [0.25, 0.3) is 0 Å². The summed E-state index contributed by atoms with van der Waals surface area (Å²) in [7, 11) is -3.14. The van der Waals surface area contributed by atoms with E-state index in [9.17, 15) is 16.8 Å². The summed E-state index contributed by atoms with van der Waals surface area (Å²) in [5.41, 5.74) is 0.744. The van der Waals surface area contributed by atoms with Crippen molar-refractivity contribution in [2.24, 2.45) is 0 Å². The molecule has 0 aliphatic carbocycles. The molecule has 148 valence electrons. The van der Waals surface area contributed by atoms with Crippen LogP contribution in [-0.4, -0.2) is 73.8 Å². The quantitative estimate of drug-likeness (QED) is 0.607. The van der Waals surface area contributed by atoms with E-state index in [1.165, 1.54) is 27.4 Å². The topological polar surface area (TPSA) is 108 Å². The number of nitrogens with one attached hydrogen (secondary N) is 1. The maximum Gasteiger partial charge on any atom is 0.187 e. The second kappa shape index (κ2) is 8.22. The number of ether oxygens (including phenoxy) is 3. The average Bonchev–Trinajstić information content (AvgIpc) is 2.91. The monoisotopic (exact) mass is 407 g/mol. The molecule has 1 N–H and O–H groups in total. The summed E-state index contributed by atoms with van der Waals surface area (Å²) in [6, 6.07) is 4.05. The number of sulfone groups is 2. The fraction of sp³-hybridized carbons (Fsp3) is 0.625. The summed E-state index contributed by atoms with van der Waals surface area (Å²) in [6.45, 7) is 1.94.